The van der Waals surface area contributed by atoms with Crippen LogP contribution >= 0.6 is 0 Å². The Morgan fingerprint density at radius 1 is 1.19 bits per heavy atom. The highest BCUT2D eigenvalue weighted by Crippen LogP contribution is 2.22. The molecular weight excluding hydrogens is 392 g/mol. The summed E-state index contributed by atoms with van der Waals surface area (Å²) in [6.07, 6.45) is 4.08. The lowest BCUT2D eigenvalue weighted by Gasteiger charge is -2.36. The highest BCUT2D eigenvalue weighted by Gasteiger charge is 2.26. The summed E-state index contributed by atoms with van der Waals surface area (Å²) >= 11 is 0. The zero-order valence-electron chi connectivity index (χ0n) is 18.5. The number of aromatic nitrogens is 1. The van der Waals surface area contributed by atoms with Gasteiger partial charge in [0, 0.05) is 50.7 Å². The molecule has 0 saturated carbocycles. The van der Waals surface area contributed by atoms with Crippen molar-refractivity contribution >= 4 is 11.6 Å². The normalized spacial score (nSPS) is 19.4. The quantitative estimate of drug-likeness (QED) is 0.797. The van der Waals surface area contributed by atoms with E-state index >= 15 is 0 Å². The first kappa shape index (κ1) is 21.4. The monoisotopic (exact) mass is 424 g/mol. The summed E-state index contributed by atoms with van der Waals surface area (Å²) in [5.41, 5.74) is 2.00. The number of carbonyl (C=O) groups excluding carboxylic acids is 1. The third-order valence-electron chi connectivity index (χ3n) is 6.43. The topological polar surface area (TPSA) is 66.8 Å². The lowest BCUT2D eigenvalue weighted by Crippen LogP contribution is -2.50. The maximum atomic E-state index is 13.3. The number of carbonyl (C=O) groups is 1. The molecule has 7 nitrogen and oxygen atoms in total. The van der Waals surface area contributed by atoms with Gasteiger partial charge in [-0.15, -0.1) is 0 Å². The van der Waals surface area contributed by atoms with Crippen molar-refractivity contribution in [1.82, 2.24) is 14.8 Å². The Morgan fingerprint density at radius 2 is 2.00 bits per heavy atom. The fourth-order valence-corrected chi connectivity index (χ4v) is 4.56. The van der Waals surface area contributed by atoms with Crippen molar-refractivity contribution < 1.29 is 9.53 Å². The molecule has 166 valence electrons. The Bertz CT molecular complexity index is 973. The Hall–Kier alpha value is -2.80. The summed E-state index contributed by atoms with van der Waals surface area (Å²) in [5.74, 6) is 1.11. The molecule has 1 unspecified atom stereocenters. The van der Waals surface area contributed by atoms with Crippen molar-refractivity contribution in [1.29, 1.82) is 0 Å². The average molecular weight is 425 g/mol. The Balaban J connectivity index is 1.45. The van der Waals surface area contributed by atoms with E-state index in [-0.39, 0.29) is 11.5 Å². The lowest BCUT2D eigenvalue weighted by molar-refractivity contribution is 0.0743. The summed E-state index contributed by atoms with van der Waals surface area (Å²) in [6.45, 7) is 7.14. The predicted molar refractivity (Wildman–Crippen MR) is 122 cm³/mol. The molecule has 4 rings (SSSR count). The lowest BCUT2D eigenvalue weighted by atomic mass is 9.99. The first-order chi connectivity index (χ1) is 15.1. The third kappa shape index (κ3) is 4.77. The molecule has 7 heteroatoms. The minimum Gasteiger partial charge on any atom is -0.497 e. The molecule has 1 amide bonds. The van der Waals surface area contributed by atoms with Crippen LogP contribution in [-0.4, -0.2) is 61.8 Å². The SMILES string of the molecule is COc1cccc(N2CCN(C(=O)c3c(C)ccn(CC4CCCNC4)c3=O)CC2)c1. The van der Waals surface area contributed by atoms with Crippen molar-refractivity contribution in [3.05, 3.63) is 58.0 Å². The largest absolute Gasteiger partial charge is 0.497 e. The van der Waals surface area contributed by atoms with Gasteiger partial charge in [0.25, 0.3) is 11.5 Å². The fourth-order valence-electron chi connectivity index (χ4n) is 4.56. The van der Waals surface area contributed by atoms with Crippen LogP contribution in [0.5, 0.6) is 5.75 Å². The molecule has 2 aromatic rings. The molecule has 1 N–H and O–H groups in total. The number of pyridine rings is 1. The summed E-state index contributed by atoms with van der Waals surface area (Å²) in [7, 11) is 1.66. The van der Waals surface area contributed by atoms with Gasteiger partial charge in [-0.3, -0.25) is 9.59 Å². The smallest absolute Gasteiger partial charge is 0.263 e. The Kier molecular flexibility index (Phi) is 6.61. The molecule has 1 atom stereocenters. The van der Waals surface area contributed by atoms with Gasteiger partial charge in [-0.2, -0.15) is 0 Å². The van der Waals surface area contributed by atoms with Crippen LogP contribution in [0.15, 0.2) is 41.3 Å². The molecule has 2 aliphatic rings. The van der Waals surface area contributed by atoms with Gasteiger partial charge in [0.15, 0.2) is 0 Å². The second-order valence-electron chi connectivity index (χ2n) is 8.52. The first-order valence-corrected chi connectivity index (χ1v) is 11.2. The number of hydrogen-bond acceptors (Lipinski definition) is 5. The zero-order valence-corrected chi connectivity index (χ0v) is 18.5. The molecule has 2 saturated heterocycles. The molecule has 0 bridgehead atoms. The molecule has 2 aliphatic heterocycles. The number of nitrogens with one attached hydrogen (secondary N) is 1. The van der Waals surface area contributed by atoms with E-state index in [1.807, 2.05) is 42.3 Å². The molecule has 31 heavy (non-hydrogen) atoms. The number of anilines is 1. The van der Waals surface area contributed by atoms with Gasteiger partial charge in [0.2, 0.25) is 0 Å². The number of piperazine rings is 1. The molecule has 0 aliphatic carbocycles. The van der Waals surface area contributed by atoms with Crippen LogP contribution in [0.4, 0.5) is 5.69 Å². The highest BCUT2D eigenvalue weighted by molar-refractivity contribution is 5.95. The maximum absolute atomic E-state index is 13.3. The molecule has 0 radical (unpaired) electrons. The number of piperidine rings is 1. The van der Waals surface area contributed by atoms with E-state index in [4.69, 9.17) is 4.74 Å². The van der Waals surface area contributed by atoms with Crippen molar-refractivity contribution in [3.63, 3.8) is 0 Å². The molecule has 3 heterocycles. The number of ether oxygens (including phenoxy) is 1. The van der Waals surface area contributed by atoms with Gasteiger partial charge in [-0.25, -0.2) is 0 Å². The number of hydrogen-bond donors (Lipinski definition) is 1. The van der Waals surface area contributed by atoms with Gasteiger partial charge in [0.05, 0.1) is 7.11 Å². The van der Waals surface area contributed by atoms with E-state index in [0.717, 1.165) is 56.0 Å². The van der Waals surface area contributed by atoms with E-state index in [9.17, 15) is 9.59 Å². The van der Waals surface area contributed by atoms with Gasteiger partial charge in [-0.05, 0) is 62.5 Å². The van der Waals surface area contributed by atoms with E-state index < -0.39 is 0 Å². The molecule has 2 fully saturated rings. The second kappa shape index (κ2) is 9.56. The van der Waals surface area contributed by atoms with Crippen LogP contribution in [0.1, 0.15) is 28.8 Å². The molecule has 0 spiro atoms. The molecular formula is C24H32N4O3. The van der Waals surface area contributed by atoms with Crippen LogP contribution in [0.2, 0.25) is 0 Å². The molecule has 1 aromatic heterocycles. The number of aryl methyl sites for hydroxylation is 1. The maximum Gasteiger partial charge on any atom is 0.263 e. The van der Waals surface area contributed by atoms with E-state index in [1.165, 1.54) is 0 Å². The standard InChI is InChI=1S/C24H32N4O3/c1-18-8-10-28(17-19-5-4-9-25-16-19)24(30)22(18)23(29)27-13-11-26(12-14-27)20-6-3-7-21(15-20)31-2/h3,6-8,10,15,19,25H,4-5,9,11-14,16-17H2,1-2H3. The van der Waals surface area contributed by atoms with E-state index in [1.54, 1.807) is 11.7 Å². The third-order valence-corrected chi connectivity index (χ3v) is 6.43. The summed E-state index contributed by atoms with van der Waals surface area (Å²) < 4.78 is 7.05. The zero-order chi connectivity index (χ0) is 21.8. The van der Waals surface area contributed by atoms with Crippen LogP contribution in [0, 0.1) is 12.8 Å². The summed E-state index contributed by atoms with van der Waals surface area (Å²) in [5, 5.41) is 3.40. The minimum absolute atomic E-state index is 0.149. The fraction of sp³-hybridized carbons (Fsp3) is 0.500. The predicted octanol–water partition coefficient (Wildman–Crippen LogP) is 2.13. The van der Waals surface area contributed by atoms with Gasteiger partial charge in [-0.1, -0.05) is 6.07 Å². The summed E-state index contributed by atoms with van der Waals surface area (Å²) in [4.78, 5) is 30.5. The van der Waals surface area contributed by atoms with Crippen LogP contribution in [0.3, 0.4) is 0 Å². The second-order valence-corrected chi connectivity index (χ2v) is 8.52. The van der Waals surface area contributed by atoms with Crippen LogP contribution in [-0.2, 0) is 6.54 Å². The number of methoxy groups -OCH3 is 1. The van der Waals surface area contributed by atoms with Crippen LogP contribution in [0.25, 0.3) is 0 Å². The van der Waals surface area contributed by atoms with Crippen molar-refractivity contribution in [2.45, 2.75) is 26.3 Å². The summed E-state index contributed by atoms with van der Waals surface area (Å²) in [6, 6.07) is 9.87. The van der Waals surface area contributed by atoms with Crippen LogP contribution < -0.4 is 20.5 Å². The first-order valence-electron chi connectivity index (χ1n) is 11.2. The van der Waals surface area contributed by atoms with E-state index in [0.29, 0.717) is 31.1 Å². The highest BCUT2D eigenvalue weighted by atomic mass is 16.5. The minimum atomic E-state index is -0.161. The van der Waals surface area contributed by atoms with Crippen molar-refractivity contribution in [2.24, 2.45) is 5.92 Å². The molecule has 1 aromatic carbocycles. The number of rotatable bonds is 5. The number of benzene rings is 1. The van der Waals surface area contributed by atoms with E-state index in [2.05, 4.69) is 16.3 Å². The van der Waals surface area contributed by atoms with Gasteiger partial charge in [0.1, 0.15) is 11.3 Å². The van der Waals surface area contributed by atoms with Gasteiger partial charge >= 0.3 is 0 Å². The number of amides is 1. The van der Waals surface area contributed by atoms with Gasteiger partial charge < -0.3 is 24.4 Å². The van der Waals surface area contributed by atoms with Crippen molar-refractivity contribution in [2.75, 3.05) is 51.3 Å². The Labute approximate surface area is 183 Å². The number of nitrogens with zero attached hydrogens (tertiary/aromatic N) is 3. The Morgan fingerprint density at radius 3 is 2.71 bits per heavy atom. The average Bonchev–Trinajstić information content (AvgIpc) is 2.82. The van der Waals surface area contributed by atoms with Crippen molar-refractivity contribution in [3.8, 4) is 5.75 Å².